The van der Waals surface area contributed by atoms with E-state index >= 15 is 0 Å². The predicted octanol–water partition coefficient (Wildman–Crippen LogP) is 6.06. The normalized spacial score (nSPS) is 14.2. The van der Waals surface area contributed by atoms with E-state index in [9.17, 15) is 19.5 Å². The van der Waals surface area contributed by atoms with Gasteiger partial charge in [0.15, 0.2) is 0 Å². The number of aliphatic carboxylic acids is 1. The molecule has 1 aliphatic carbocycles. The number of anilines is 1. The third-order valence-electron chi connectivity index (χ3n) is 6.55. The Hall–Kier alpha value is -3.45. The molecular weight excluding hydrogens is 520 g/mol. The van der Waals surface area contributed by atoms with Crippen molar-refractivity contribution in [3.8, 4) is 11.1 Å². The molecule has 1 atom stereocenters. The number of rotatable bonds is 9. The maximum absolute atomic E-state index is 13.1. The van der Waals surface area contributed by atoms with Crippen LogP contribution in [0.2, 0.25) is 0 Å². The molecule has 0 saturated heterocycles. The van der Waals surface area contributed by atoms with Gasteiger partial charge in [-0.15, -0.1) is 0 Å². The molecule has 0 bridgehead atoms. The van der Waals surface area contributed by atoms with Crippen molar-refractivity contribution in [2.75, 3.05) is 5.32 Å². The Bertz CT molecular complexity index is 1220. The summed E-state index contributed by atoms with van der Waals surface area (Å²) < 4.78 is 0.657. The van der Waals surface area contributed by atoms with E-state index in [4.69, 9.17) is 0 Å². The van der Waals surface area contributed by atoms with E-state index in [1.165, 1.54) is 0 Å². The molecule has 1 fully saturated rings. The lowest BCUT2D eigenvalue weighted by atomic mass is 10.0. The molecule has 4 rings (SSSR count). The van der Waals surface area contributed by atoms with E-state index in [2.05, 4.69) is 26.6 Å². The average Bonchev–Trinajstić information content (AvgIpc) is 3.38. The van der Waals surface area contributed by atoms with Crippen molar-refractivity contribution in [3.05, 3.63) is 88.4 Å². The van der Waals surface area contributed by atoms with Gasteiger partial charge < -0.3 is 15.7 Å². The Kier molecular flexibility index (Phi) is 8.54. The van der Waals surface area contributed by atoms with Gasteiger partial charge in [0.05, 0.1) is 11.3 Å². The average molecular weight is 549 g/mol. The summed E-state index contributed by atoms with van der Waals surface area (Å²) >= 11 is 3.37. The van der Waals surface area contributed by atoms with E-state index in [1.54, 1.807) is 18.2 Å². The van der Waals surface area contributed by atoms with Gasteiger partial charge in [0, 0.05) is 17.3 Å². The van der Waals surface area contributed by atoms with E-state index < -0.39 is 17.9 Å². The van der Waals surface area contributed by atoms with E-state index in [-0.39, 0.29) is 17.9 Å². The lowest BCUT2D eigenvalue weighted by Crippen LogP contribution is -2.42. The molecule has 36 heavy (non-hydrogen) atoms. The zero-order valence-corrected chi connectivity index (χ0v) is 21.5. The summed E-state index contributed by atoms with van der Waals surface area (Å²) in [4.78, 5) is 37.7. The minimum absolute atomic E-state index is 0.132. The van der Waals surface area contributed by atoms with Crippen LogP contribution in [0.4, 0.5) is 5.69 Å². The van der Waals surface area contributed by atoms with Crippen LogP contribution in [-0.4, -0.2) is 28.9 Å². The molecule has 3 N–H and O–H groups in total. The molecule has 2 amide bonds. The van der Waals surface area contributed by atoms with Gasteiger partial charge in [-0.05, 0) is 53.6 Å². The molecule has 3 aromatic rings. The second kappa shape index (κ2) is 12.0. The zero-order chi connectivity index (χ0) is 25.5. The van der Waals surface area contributed by atoms with Crippen LogP contribution in [0.3, 0.4) is 0 Å². The fourth-order valence-electron chi connectivity index (χ4n) is 4.63. The SMILES string of the molecule is O=C(CC1CCCC1)Nc1ccc(Br)cc1C(=O)NC(Cc1ccc(-c2ccccc2)cc1)C(=O)O. The second-order valence-electron chi connectivity index (χ2n) is 9.22. The van der Waals surface area contributed by atoms with Crippen LogP contribution < -0.4 is 10.6 Å². The maximum atomic E-state index is 13.1. The molecule has 6 nitrogen and oxygen atoms in total. The quantitative estimate of drug-likeness (QED) is 0.302. The zero-order valence-electron chi connectivity index (χ0n) is 19.9. The second-order valence-corrected chi connectivity index (χ2v) is 10.1. The van der Waals surface area contributed by atoms with Gasteiger partial charge in [0.1, 0.15) is 6.04 Å². The van der Waals surface area contributed by atoms with Crippen molar-refractivity contribution in [2.24, 2.45) is 5.92 Å². The summed E-state index contributed by atoms with van der Waals surface area (Å²) in [5, 5.41) is 15.3. The summed E-state index contributed by atoms with van der Waals surface area (Å²) in [5.74, 6) is -1.44. The summed E-state index contributed by atoms with van der Waals surface area (Å²) in [5.41, 5.74) is 3.48. The van der Waals surface area contributed by atoms with Crippen molar-refractivity contribution < 1.29 is 19.5 Å². The lowest BCUT2D eigenvalue weighted by molar-refractivity contribution is -0.139. The Balaban J connectivity index is 1.45. The number of carboxylic acids is 1. The van der Waals surface area contributed by atoms with Gasteiger partial charge >= 0.3 is 5.97 Å². The molecule has 0 radical (unpaired) electrons. The fourth-order valence-corrected chi connectivity index (χ4v) is 4.99. The topological polar surface area (TPSA) is 95.5 Å². The molecule has 0 aliphatic heterocycles. The number of carbonyl (C=O) groups excluding carboxylic acids is 2. The predicted molar refractivity (Wildman–Crippen MR) is 144 cm³/mol. The highest BCUT2D eigenvalue weighted by atomic mass is 79.9. The first-order valence-corrected chi connectivity index (χ1v) is 13.0. The minimum Gasteiger partial charge on any atom is -0.480 e. The summed E-state index contributed by atoms with van der Waals surface area (Å²) in [7, 11) is 0. The Morgan fingerprint density at radius 2 is 1.58 bits per heavy atom. The van der Waals surface area contributed by atoms with Crippen molar-refractivity contribution in [2.45, 2.75) is 44.6 Å². The van der Waals surface area contributed by atoms with Crippen LogP contribution in [0.5, 0.6) is 0 Å². The molecule has 0 aromatic heterocycles. The van der Waals surface area contributed by atoms with Crippen LogP contribution >= 0.6 is 15.9 Å². The molecule has 7 heteroatoms. The molecule has 3 aromatic carbocycles. The number of carboxylic acid groups (broad SMARTS) is 1. The van der Waals surface area contributed by atoms with Gasteiger partial charge in [-0.25, -0.2) is 4.79 Å². The number of hydrogen-bond acceptors (Lipinski definition) is 3. The molecule has 0 spiro atoms. The van der Waals surface area contributed by atoms with Crippen molar-refractivity contribution in [3.63, 3.8) is 0 Å². The number of benzene rings is 3. The summed E-state index contributed by atoms with van der Waals surface area (Å²) in [6, 6.07) is 21.4. The van der Waals surface area contributed by atoms with Gasteiger partial charge in [-0.3, -0.25) is 9.59 Å². The van der Waals surface area contributed by atoms with Crippen LogP contribution in [0.1, 0.15) is 48.0 Å². The largest absolute Gasteiger partial charge is 0.480 e. The number of hydrogen-bond donors (Lipinski definition) is 3. The number of carbonyl (C=O) groups is 3. The molecule has 1 aliphatic rings. The monoisotopic (exact) mass is 548 g/mol. The maximum Gasteiger partial charge on any atom is 0.326 e. The first-order valence-electron chi connectivity index (χ1n) is 12.2. The number of amides is 2. The molecule has 1 unspecified atom stereocenters. The molecule has 0 heterocycles. The standard InChI is InChI=1S/C29H29BrN2O4/c30-23-14-15-25(31-27(33)17-19-6-4-5-7-19)24(18-23)28(34)32-26(29(35)36)16-20-10-12-22(13-11-20)21-8-2-1-3-9-21/h1-3,8-15,18-19,26H,4-7,16-17H2,(H,31,33)(H,32,34)(H,35,36). The van der Waals surface area contributed by atoms with E-state index in [1.807, 2.05) is 54.6 Å². The van der Waals surface area contributed by atoms with Gasteiger partial charge in [0.2, 0.25) is 5.91 Å². The highest BCUT2D eigenvalue weighted by molar-refractivity contribution is 9.10. The van der Waals surface area contributed by atoms with Crippen molar-refractivity contribution >= 4 is 39.4 Å². The Labute approximate surface area is 219 Å². The van der Waals surface area contributed by atoms with Crippen LogP contribution in [0.25, 0.3) is 11.1 Å². The van der Waals surface area contributed by atoms with E-state index in [0.717, 1.165) is 42.4 Å². The summed E-state index contributed by atoms with van der Waals surface area (Å²) in [6.45, 7) is 0. The third kappa shape index (κ3) is 6.82. The number of halogens is 1. The van der Waals surface area contributed by atoms with Gasteiger partial charge in [-0.2, -0.15) is 0 Å². The first-order chi connectivity index (χ1) is 17.4. The van der Waals surface area contributed by atoms with Crippen LogP contribution in [-0.2, 0) is 16.0 Å². The van der Waals surface area contributed by atoms with Crippen LogP contribution in [0.15, 0.2) is 77.3 Å². The van der Waals surface area contributed by atoms with E-state index in [0.29, 0.717) is 22.5 Å². The molecule has 1 saturated carbocycles. The third-order valence-corrected chi connectivity index (χ3v) is 7.05. The first kappa shape index (κ1) is 25.6. The lowest BCUT2D eigenvalue weighted by Gasteiger charge is -2.17. The smallest absolute Gasteiger partial charge is 0.326 e. The molecule has 186 valence electrons. The molecular formula is C29H29BrN2O4. The Morgan fingerprint density at radius 3 is 2.25 bits per heavy atom. The van der Waals surface area contributed by atoms with Crippen LogP contribution in [0, 0.1) is 5.92 Å². The highest BCUT2D eigenvalue weighted by Gasteiger charge is 2.24. The minimum atomic E-state index is -1.13. The fraction of sp³-hybridized carbons (Fsp3) is 0.276. The highest BCUT2D eigenvalue weighted by Crippen LogP contribution is 2.28. The Morgan fingerprint density at radius 1 is 0.917 bits per heavy atom. The van der Waals surface area contributed by atoms with Crippen molar-refractivity contribution in [1.82, 2.24) is 5.32 Å². The van der Waals surface area contributed by atoms with Crippen molar-refractivity contribution in [1.29, 1.82) is 0 Å². The van der Waals surface area contributed by atoms with Gasteiger partial charge in [-0.1, -0.05) is 83.4 Å². The van der Waals surface area contributed by atoms with Gasteiger partial charge in [0.25, 0.3) is 5.91 Å². The summed E-state index contributed by atoms with van der Waals surface area (Å²) in [6.07, 6.45) is 4.95. The number of nitrogens with one attached hydrogen (secondary N) is 2.